The molecule has 1 fully saturated rings. The SMILES string of the molecule is CC(C#N)N1CCC(CC(C)(C)C)C1. The van der Waals surface area contributed by atoms with Crippen molar-refractivity contribution in [2.75, 3.05) is 13.1 Å². The zero-order valence-corrected chi connectivity index (χ0v) is 9.88. The summed E-state index contributed by atoms with van der Waals surface area (Å²) < 4.78 is 0. The van der Waals surface area contributed by atoms with E-state index in [-0.39, 0.29) is 6.04 Å². The molecule has 0 aromatic heterocycles. The van der Waals surface area contributed by atoms with Crippen LogP contribution in [-0.4, -0.2) is 24.0 Å². The quantitative estimate of drug-likeness (QED) is 0.675. The third-order valence-electron chi connectivity index (χ3n) is 2.95. The Hall–Kier alpha value is -0.550. The first-order chi connectivity index (χ1) is 6.42. The fraction of sp³-hybridized carbons (Fsp3) is 0.917. The van der Waals surface area contributed by atoms with E-state index < -0.39 is 0 Å². The van der Waals surface area contributed by atoms with Gasteiger partial charge in [0.15, 0.2) is 0 Å². The summed E-state index contributed by atoms with van der Waals surface area (Å²) in [6.07, 6.45) is 2.55. The van der Waals surface area contributed by atoms with E-state index >= 15 is 0 Å². The van der Waals surface area contributed by atoms with Gasteiger partial charge in [0.05, 0.1) is 12.1 Å². The lowest BCUT2D eigenvalue weighted by Gasteiger charge is -2.23. The molecule has 1 rings (SSSR count). The van der Waals surface area contributed by atoms with Gasteiger partial charge in [-0.1, -0.05) is 20.8 Å². The first kappa shape index (κ1) is 11.5. The Morgan fingerprint density at radius 2 is 2.14 bits per heavy atom. The molecule has 0 amide bonds. The molecule has 2 nitrogen and oxygen atoms in total. The monoisotopic (exact) mass is 194 g/mol. The molecule has 14 heavy (non-hydrogen) atoms. The van der Waals surface area contributed by atoms with Gasteiger partial charge in [0.2, 0.25) is 0 Å². The van der Waals surface area contributed by atoms with Crippen LogP contribution in [0.15, 0.2) is 0 Å². The minimum absolute atomic E-state index is 0.0972. The van der Waals surface area contributed by atoms with E-state index in [1.54, 1.807) is 0 Å². The maximum atomic E-state index is 8.82. The number of nitriles is 1. The van der Waals surface area contributed by atoms with E-state index in [0.29, 0.717) is 5.41 Å². The normalized spacial score (nSPS) is 26.1. The van der Waals surface area contributed by atoms with Crippen molar-refractivity contribution in [3.63, 3.8) is 0 Å². The van der Waals surface area contributed by atoms with Crippen molar-refractivity contribution < 1.29 is 0 Å². The van der Waals surface area contributed by atoms with Crippen LogP contribution in [0.25, 0.3) is 0 Å². The zero-order valence-electron chi connectivity index (χ0n) is 9.88. The van der Waals surface area contributed by atoms with E-state index in [1.165, 1.54) is 12.8 Å². The molecule has 80 valence electrons. The molecule has 0 aliphatic carbocycles. The van der Waals surface area contributed by atoms with Crippen LogP contribution < -0.4 is 0 Å². The van der Waals surface area contributed by atoms with Crippen LogP contribution in [0.2, 0.25) is 0 Å². The van der Waals surface area contributed by atoms with Crippen LogP contribution in [0.5, 0.6) is 0 Å². The average molecular weight is 194 g/mol. The minimum atomic E-state index is 0.0972. The topological polar surface area (TPSA) is 27.0 Å². The average Bonchev–Trinajstić information content (AvgIpc) is 2.48. The highest BCUT2D eigenvalue weighted by Gasteiger charge is 2.28. The predicted molar refractivity (Wildman–Crippen MR) is 58.8 cm³/mol. The number of rotatable bonds is 2. The second kappa shape index (κ2) is 4.31. The fourth-order valence-electron chi connectivity index (χ4n) is 2.33. The Balaban J connectivity index is 2.39. The van der Waals surface area contributed by atoms with Crippen LogP contribution in [0.1, 0.15) is 40.5 Å². The van der Waals surface area contributed by atoms with E-state index in [2.05, 4.69) is 31.7 Å². The number of hydrogen-bond acceptors (Lipinski definition) is 2. The second-order valence-corrected chi connectivity index (χ2v) is 5.72. The molecule has 2 atom stereocenters. The Bertz CT molecular complexity index is 221. The lowest BCUT2D eigenvalue weighted by molar-refractivity contribution is 0.258. The summed E-state index contributed by atoms with van der Waals surface area (Å²) in [6.45, 7) is 11.1. The lowest BCUT2D eigenvalue weighted by Crippen LogP contribution is -2.30. The molecule has 2 unspecified atom stereocenters. The molecule has 0 aromatic carbocycles. The van der Waals surface area contributed by atoms with Crippen LogP contribution in [-0.2, 0) is 0 Å². The molecule has 2 heteroatoms. The first-order valence-corrected chi connectivity index (χ1v) is 5.56. The molecule has 0 saturated carbocycles. The van der Waals surface area contributed by atoms with Crippen LogP contribution in [0, 0.1) is 22.7 Å². The van der Waals surface area contributed by atoms with Crippen molar-refractivity contribution in [2.45, 2.75) is 46.6 Å². The molecular weight excluding hydrogens is 172 g/mol. The van der Waals surface area contributed by atoms with Gasteiger partial charge >= 0.3 is 0 Å². The Morgan fingerprint density at radius 3 is 2.64 bits per heavy atom. The van der Waals surface area contributed by atoms with E-state index in [0.717, 1.165) is 19.0 Å². The smallest absolute Gasteiger partial charge is 0.0949 e. The van der Waals surface area contributed by atoms with Gasteiger partial charge in [0.25, 0.3) is 0 Å². The van der Waals surface area contributed by atoms with E-state index in [9.17, 15) is 0 Å². The van der Waals surface area contributed by atoms with Crippen LogP contribution in [0.3, 0.4) is 0 Å². The van der Waals surface area contributed by atoms with Crippen molar-refractivity contribution in [3.8, 4) is 6.07 Å². The molecular formula is C12H22N2. The van der Waals surface area contributed by atoms with Crippen LogP contribution in [0.4, 0.5) is 0 Å². The highest BCUT2D eigenvalue weighted by Crippen LogP contribution is 2.30. The van der Waals surface area contributed by atoms with Crippen molar-refractivity contribution in [1.29, 1.82) is 5.26 Å². The standard InChI is InChI=1S/C12H22N2/c1-10(8-13)14-6-5-11(9-14)7-12(2,3)4/h10-11H,5-7,9H2,1-4H3. The molecule has 0 aromatic rings. The number of likely N-dealkylation sites (tertiary alicyclic amines) is 1. The fourth-order valence-corrected chi connectivity index (χ4v) is 2.33. The summed E-state index contributed by atoms with van der Waals surface area (Å²) >= 11 is 0. The van der Waals surface area contributed by atoms with Crippen molar-refractivity contribution >= 4 is 0 Å². The maximum absolute atomic E-state index is 8.82. The van der Waals surface area contributed by atoms with Gasteiger partial charge in [-0.2, -0.15) is 5.26 Å². The van der Waals surface area contributed by atoms with Gasteiger partial charge in [0.1, 0.15) is 0 Å². The third kappa shape index (κ3) is 3.31. The lowest BCUT2D eigenvalue weighted by atomic mass is 9.84. The molecule has 1 heterocycles. The van der Waals surface area contributed by atoms with Gasteiger partial charge in [-0.15, -0.1) is 0 Å². The minimum Gasteiger partial charge on any atom is -0.288 e. The largest absolute Gasteiger partial charge is 0.288 e. The van der Waals surface area contributed by atoms with Gasteiger partial charge < -0.3 is 0 Å². The number of nitrogens with zero attached hydrogens (tertiary/aromatic N) is 2. The summed E-state index contributed by atoms with van der Waals surface area (Å²) in [7, 11) is 0. The highest BCUT2D eigenvalue weighted by molar-refractivity contribution is 4.92. The molecule has 1 aliphatic heterocycles. The van der Waals surface area contributed by atoms with Crippen molar-refractivity contribution in [1.82, 2.24) is 4.90 Å². The first-order valence-electron chi connectivity index (χ1n) is 5.56. The molecule has 1 aliphatic rings. The Morgan fingerprint density at radius 1 is 1.50 bits per heavy atom. The van der Waals surface area contributed by atoms with E-state index in [1.807, 2.05) is 6.92 Å². The van der Waals surface area contributed by atoms with Crippen molar-refractivity contribution in [2.24, 2.45) is 11.3 Å². The van der Waals surface area contributed by atoms with Gasteiger partial charge in [0, 0.05) is 6.54 Å². The third-order valence-corrected chi connectivity index (χ3v) is 2.95. The Labute approximate surface area is 87.9 Å². The van der Waals surface area contributed by atoms with Gasteiger partial charge in [-0.05, 0) is 37.6 Å². The van der Waals surface area contributed by atoms with Crippen LogP contribution >= 0.6 is 0 Å². The molecule has 0 bridgehead atoms. The summed E-state index contributed by atoms with van der Waals surface area (Å²) in [5, 5.41) is 8.82. The van der Waals surface area contributed by atoms with Gasteiger partial charge in [-0.25, -0.2) is 0 Å². The summed E-state index contributed by atoms with van der Waals surface area (Å²) in [5.41, 5.74) is 0.427. The van der Waals surface area contributed by atoms with Gasteiger partial charge in [-0.3, -0.25) is 4.90 Å². The summed E-state index contributed by atoms with van der Waals surface area (Å²) in [5.74, 6) is 0.797. The highest BCUT2D eigenvalue weighted by atomic mass is 15.2. The molecule has 0 radical (unpaired) electrons. The van der Waals surface area contributed by atoms with E-state index in [4.69, 9.17) is 5.26 Å². The predicted octanol–water partition coefficient (Wildman–Crippen LogP) is 2.66. The number of hydrogen-bond donors (Lipinski definition) is 0. The summed E-state index contributed by atoms with van der Waals surface area (Å²) in [4.78, 5) is 2.30. The second-order valence-electron chi connectivity index (χ2n) is 5.72. The van der Waals surface area contributed by atoms with Crippen molar-refractivity contribution in [3.05, 3.63) is 0 Å². The molecule has 1 saturated heterocycles. The Kier molecular flexibility index (Phi) is 3.55. The molecule has 0 spiro atoms. The maximum Gasteiger partial charge on any atom is 0.0949 e. The summed E-state index contributed by atoms with van der Waals surface area (Å²) in [6, 6.07) is 2.41. The molecule has 0 N–H and O–H groups in total. The zero-order chi connectivity index (χ0) is 10.8.